The molecule has 4 heteroatoms. The molecule has 0 amide bonds. The molecule has 0 bridgehead atoms. The summed E-state index contributed by atoms with van der Waals surface area (Å²) in [4.78, 5) is 0. The normalized spacial score (nSPS) is 15.0. The zero-order valence-electron chi connectivity index (χ0n) is 16.7. The fourth-order valence-corrected chi connectivity index (χ4v) is 3.02. The minimum absolute atomic E-state index is 0.283. The van der Waals surface area contributed by atoms with Crippen LogP contribution in [0.2, 0.25) is 0 Å². The van der Waals surface area contributed by atoms with Crippen molar-refractivity contribution in [2.45, 2.75) is 59.4 Å². The lowest BCUT2D eigenvalue weighted by molar-refractivity contribution is -0.0993. The molecule has 2 unspecified atom stereocenters. The van der Waals surface area contributed by atoms with E-state index in [2.05, 4.69) is 39.8 Å². The third-order valence-electron chi connectivity index (χ3n) is 4.87. The molecule has 0 saturated heterocycles. The van der Waals surface area contributed by atoms with E-state index in [0.29, 0.717) is 18.4 Å². The first-order valence-corrected chi connectivity index (χ1v) is 9.82. The summed E-state index contributed by atoms with van der Waals surface area (Å²) in [5.74, 6) is 3.45. The van der Waals surface area contributed by atoms with E-state index in [9.17, 15) is 0 Å². The molecule has 0 aliphatic carbocycles. The van der Waals surface area contributed by atoms with Gasteiger partial charge in [-0.3, -0.25) is 0 Å². The molecule has 4 nitrogen and oxygen atoms in total. The summed E-state index contributed by atoms with van der Waals surface area (Å²) in [7, 11) is 0. The van der Waals surface area contributed by atoms with Crippen LogP contribution in [0.4, 0.5) is 0 Å². The Kier molecular flexibility index (Phi) is 6.62. The Morgan fingerprint density at radius 1 is 0.963 bits per heavy atom. The summed E-state index contributed by atoms with van der Waals surface area (Å²) in [6.45, 7) is 9.55. The third-order valence-corrected chi connectivity index (χ3v) is 4.87. The van der Waals surface area contributed by atoms with Gasteiger partial charge in [0.1, 0.15) is 5.75 Å². The maximum atomic E-state index is 6.13. The van der Waals surface area contributed by atoms with E-state index < -0.39 is 0 Å². The molecule has 0 saturated carbocycles. The Morgan fingerprint density at radius 2 is 1.70 bits per heavy atom. The second-order valence-electron chi connectivity index (χ2n) is 7.55. The largest absolute Gasteiger partial charge is 0.465 e. The molecule has 146 valence electrons. The summed E-state index contributed by atoms with van der Waals surface area (Å²) < 4.78 is 23.0. The van der Waals surface area contributed by atoms with E-state index in [1.807, 2.05) is 30.3 Å². The molecule has 0 radical (unpaired) electrons. The molecule has 3 rings (SSSR count). The maximum absolute atomic E-state index is 6.13. The highest BCUT2D eigenvalue weighted by Gasteiger charge is 2.17. The van der Waals surface area contributed by atoms with Gasteiger partial charge in [-0.1, -0.05) is 45.9 Å². The molecule has 0 N–H and O–H groups in total. The van der Waals surface area contributed by atoms with Crippen LogP contribution in [0.3, 0.4) is 0 Å². The SMILES string of the molecule is CCC(C)c1ccc(OC(CC(C)C)OCc2ccc3c(c2)OCO3)cc1. The molecule has 1 aliphatic rings. The van der Waals surface area contributed by atoms with Crippen molar-refractivity contribution in [3.8, 4) is 17.2 Å². The smallest absolute Gasteiger partial charge is 0.231 e. The minimum atomic E-state index is -0.287. The summed E-state index contributed by atoms with van der Waals surface area (Å²) in [5, 5.41) is 0. The fourth-order valence-electron chi connectivity index (χ4n) is 3.02. The molecule has 0 spiro atoms. The van der Waals surface area contributed by atoms with Crippen molar-refractivity contribution in [3.63, 3.8) is 0 Å². The minimum Gasteiger partial charge on any atom is -0.465 e. The van der Waals surface area contributed by atoms with Gasteiger partial charge in [0.2, 0.25) is 6.79 Å². The van der Waals surface area contributed by atoms with Crippen LogP contribution < -0.4 is 14.2 Å². The molecular weight excluding hydrogens is 340 g/mol. The van der Waals surface area contributed by atoms with Crippen LogP contribution in [0.1, 0.15) is 57.6 Å². The predicted molar refractivity (Wildman–Crippen MR) is 106 cm³/mol. The van der Waals surface area contributed by atoms with Gasteiger partial charge in [-0.2, -0.15) is 0 Å². The van der Waals surface area contributed by atoms with E-state index in [1.165, 1.54) is 5.56 Å². The van der Waals surface area contributed by atoms with Gasteiger partial charge in [-0.25, -0.2) is 0 Å². The van der Waals surface area contributed by atoms with E-state index in [1.54, 1.807) is 0 Å². The van der Waals surface area contributed by atoms with Gasteiger partial charge < -0.3 is 18.9 Å². The second kappa shape index (κ2) is 9.14. The molecule has 2 aromatic carbocycles. The quantitative estimate of drug-likeness (QED) is 0.515. The van der Waals surface area contributed by atoms with Gasteiger partial charge in [0.25, 0.3) is 0 Å². The van der Waals surface area contributed by atoms with Gasteiger partial charge >= 0.3 is 0 Å². The first kappa shape index (κ1) is 19.6. The molecule has 1 heterocycles. The van der Waals surface area contributed by atoms with E-state index >= 15 is 0 Å². The molecule has 1 aliphatic heterocycles. The standard InChI is InChI=1S/C23H30O4/c1-5-17(4)19-7-9-20(10-8-19)27-23(12-16(2)3)24-14-18-6-11-21-22(13-18)26-15-25-21/h6-11,13,16-17,23H,5,12,14-15H2,1-4H3. The first-order chi connectivity index (χ1) is 13.0. The highest BCUT2D eigenvalue weighted by atomic mass is 16.7. The molecule has 0 fully saturated rings. The van der Waals surface area contributed by atoms with Crippen molar-refractivity contribution in [3.05, 3.63) is 53.6 Å². The average molecular weight is 370 g/mol. The van der Waals surface area contributed by atoms with Crippen LogP contribution in [0.5, 0.6) is 17.2 Å². The predicted octanol–water partition coefficient (Wildman–Crippen LogP) is 5.90. The highest BCUT2D eigenvalue weighted by molar-refractivity contribution is 5.44. The van der Waals surface area contributed by atoms with Gasteiger partial charge in [-0.15, -0.1) is 0 Å². The zero-order valence-corrected chi connectivity index (χ0v) is 16.7. The maximum Gasteiger partial charge on any atom is 0.231 e. The van der Waals surface area contributed by atoms with E-state index in [4.69, 9.17) is 18.9 Å². The number of rotatable bonds is 9. The first-order valence-electron chi connectivity index (χ1n) is 9.82. The Balaban J connectivity index is 1.61. The Morgan fingerprint density at radius 3 is 2.41 bits per heavy atom. The van der Waals surface area contributed by atoms with Crippen LogP contribution in [0.25, 0.3) is 0 Å². The van der Waals surface area contributed by atoms with E-state index in [-0.39, 0.29) is 13.1 Å². The van der Waals surface area contributed by atoms with Crippen molar-refractivity contribution in [1.82, 2.24) is 0 Å². The molecular formula is C23H30O4. The molecule has 0 aromatic heterocycles. The Hall–Kier alpha value is -2.20. The molecule has 2 atom stereocenters. The van der Waals surface area contributed by atoms with Gasteiger partial charge in [-0.05, 0) is 53.6 Å². The zero-order chi connectivity index (χ0) is 19.2. The number of fused-ring (bicyclic) bond motifs is 1. The van der Waals surface area contributed by atoms with E-state index in [0.717, 1.165) is 35.7 Å². The molecule has 2 aromatic rings. The fraction of sp³-hybridized carbons (Fsp3) is 0.478. The summed E-state index contributed by atoms with van der Waals surface area (Å²) in [6, 6.07) is 14.3. The molecule has 27 heavy (non-hydrogen) atoms. The van der Waals surface area contributed by atoms with Crippen molar-refractivity contribution in [1.29, 1.82) is 0 Å². The lowest BCUT2D eigenvalue weighted by atomic mass is 9.99. The second-order valence-corrected chi connectivity index (χ2v) is 7.55. The van der Waals surface area contributed by atoms with Gasteiger partial charge in [0.15, 0.2) is 17.8 Å². The third kappa shape index (κ3) is 5.39. The summed E-state index contributed by atoms with van der Waals surface area (Å²) in [5.41, 5.74) is 2.38. The lowest BCUT2D eigenvalue weighted by Crippen LogP contribution is -2.22. The Bertz CT molecular complexity index is 724. The van der Waals surface area contributed by atoms with Crippen molar-refractivity contribution >= 4 is 0 Å². The number of hydrogen-bond acceptors (Lipinski definition) is 4. The topological polar surface area (TPSA) is 36.9 Å². The highest BCUT2D eigenvalue weighted by Crippen LogP contribution is 2.33. The van der Waals surface area contributed by atoms with Gasteiger partial charge in [0.05, 0.1) is 6.61 Å². The van der Waals surface area contributed by atoms with Crippen LogP contribution in [0, 0.1) is 5.92 Å². The van der Waals surface area contributed by atoms with Crippen LogP contribution in [-0.2, 0) is 11.3 Å². The van der Waals surface area contributed by atoms with Crippen molar-refractivity contribution in [2.24, 2.45) is 5.92 Å². The Labute approximate surface area is 162 Å². The summed E-state index contributed by atoms with van der Waals surface area (Å²) in [6.07, 6.45) is 1.68. The van der Waals surface area contributed by atoms with Crippen LogP contribution >= 0.6 is 0 Å². The van der Waals surface area contributed by atoms with Crippen LogP contribution in [-0.4, -0.2) is 13.1 Å². The monoisotopic (exact) mass is 370 g/mol. The number of benzene rings is 2. The lowest BCUT2D eigenvalue weighted by Gasteiger charge is -2.22. The van der Waals surface area contributed by atoms with Crippen molar-refractivity contribution in [2.75, 3.05) is 6.79 Å². The van der Waals surface area contributed by atoms with Crippen LogP contribution in [0.15, 0.2) is 42.5 Å². The van der Waals surface area contributed by atoms with Crippen molar-refractivity contribution < 1.29 is 18.9 Å². The summed E-state index contributed by atoms with van der Waals surface area (Å²) >= 11 is 0. The number of hydrogen-bond donors (Lipinski definition) is 0. The number of ether oxygens (including phenoxy) is 4. The average Bonchev–Trinajstić information content (AvgIpc) is 3.13. The van der Waals surface area contributed by atoms with Gasteiger partial charge in [0, 0.05) is 6.42 Å².